The van der Waals surface area contributed by atoms with Crippen molar-refractivity contribution < 1.29 is 14.0 Å². The summed E-state index contributed by atoms with van der Waals surface area (Å²) in [7, 11) is 0. The van der Waals surface area contributed by atoms with Crippen molar-refractivity contribution in [3.8, 4) is 0 Å². The third-order valence-electron chi connectivity index (χ3n) is 5.15. The fourth-order valence-electron chi connectivity index (χ4n) is 3.37. The van der Waals surface area contributed by atoms with E-state index in [-0.39, 0.29) is 28.4 Å². The highest BCUT2D eigenvalue weighted by Crippen LogP contribution is 2.16. The number of halogens is 2. The largest absolute Gasteiger partial charge is 0.352 e. The van der Waals surface area contributed by atoms with Gasteiger partial charge in [0.25, 0.3) is 11.8 Å². The van der Waals surface area contributed by atoms with E-state index in [4.69, 9.17) is 11.6 Å². The van der Waals surface area contributed by atoms with Crippen LogP contribution < -0.4 is 10.7 Å². The Labute approximate surface area is 193 Å². The maximum atomic E-state index is 13.8. The van der Waals surface area contributed by atoms with Gasteiger partial charge in [-0.3, -0.25) is 14.5 Å². The number of carbonyl (C=O) groups excluding carboxylic acids is 2. The summed E-state index contributed by atoms with van der Waals surface area (Å²) in [6.07, 6.45) is 3.34. The van der Waals surface area contributed by atoms with Crippen LogP contribution >= 0.6 is 11.6 Å². The highest BCUT2D eigenvalue weighted by Gasteiger charge is 2.23. The zero-order valence-electron chi connectivity index (χ0n) is 18.5. The summed E-state index contributed by atoms with van der Waals surface area (Å²) in [5.74, 6) is -0.871. The fraction of sp³-hybridized carbons (Fsp3) is 0.375. The number of amides is 2. The van der Waals surface area contributed by atoms with E-state index in [2.05, 4.69) is 15.8 Å². The normalized spacial score (nSPS) is 12.2. The monoisotopic (exact) mass is 460 g/mol. The average Bonchev–Trinajstić information content (AvgIpc) is 2.80. The summed E-state index contributed by atoms with van der Waals surface area (Å²) >= 11 is 5.98. The predicted molar refractivity (Wildman–Crippen MR) is 126 cm³/mol. The van der Waals surface area contributed by atoms with Gasteiger partial charge in [0, 0.05) is 17.7 Å². The Bertz CT molecular complexity index is 884. The predicted octanol–water partition coefficient (Wildman–Crippen LogP) is 4.24. The lowest BCUT2D eigenvalue weighted by molar-refractivity contribution is -0.126. The molecule has 8 heteroatoms. The zero-order chi connectivity index (χ0) is 23.3. The Morgan fingerprint density at radius 2 is 1.81 bits per heavy atom. The van der Waals surface area contributed by atoms with Crippen LogP contribution in [0.15, 0.2) is 53.6 Å². The Balaban J connectivity index is 1.86. The number of carbonyl (C=O) groups is 2. The van der Waals surface area contributed by atoms with E-state index in [9.17, 15) is 14.0 Å². The molecule has 2 amide bonds. The fourth-order valence-corrected chi connectivity index (χ4v) is 3.58. The topological polar surface area (TPSA) is 73.8 Å². The summed E-state index contributed by atoms with van der Waals surface area (Å²) in [6, 6.07) is 13.0. The second-order valence-corrected chi connectivity index (χ2v) is 7.63. The number of hydrogen-bond acceptors (Lipinski definition) is 4. The van der Waals surface area contributed by atoms with E-state index in [0.717, 1.165) is 12.8 Å². The molecule has 0 saturated carbocycles. The Hall–Kier alpha value is -2.77. The van der Waals surface area contributed by atoms with Gasteiger partial charge in [0.15, 0.2) is 0 Å². The van der Waals surface area contributed by atoms with Crippen molar-refractivity contribution in [3.05, 3.63) is 70.5 Å². The lowest BCUT2D eigenvalue weighted by Gasteiger charge is -2.28. The van der Waals surface area contributed by atoms with E-state index in [0.29, 0.717) is 31.6 Å². The lowest BCUT2D eigenvalue weighted by Crippen LogP contribution is -2.45. The number of benzene rings is 2. The van der Waals surface area contributed by atoms with Crippen LogP contribution in [0.25, 0.3) is 0 Å². The van der Waals surface area contributed by atoms with E-state index in [1.165, 1.54) is 18.3 Å². The summed E-state index contributed by atoms with van der Waals surface area (Å²) < 4.78 is 13.8. The minimum atomic E-state index is -0.506. The molecule has 0 aliphatic rings. The molecule has 0 radical (unpaired) electrons. The molecule has 2 rings (SSSR count). The molecule has 2 aromatic rings. The number of hydrogen-bond donors (Lipinski definition) is 2. The average molecular weight is 461 g/mol. The molecule has 2 aromatic carbocycles. The van der Waals surface area contributed by atoms with Gasteiger partial charge in [0.2, 0.25) is 0 Å². The van der Waals surface area contributed by atoms with Crippen LogP contribution in [0.3, 0.4) is 0 Å². The number of nitrogens with one attached hydrogen (secondary N) is 2. The molecule has 0 spiro atoms. The maximum Gasteiger partial charge on any atom is 0.257 e. The van der Waals surface area contributed by atoms with Gasteiger partial charge < -0.3 is 5.32 Å². The van der Waals surface area contributed by atoms with Crippen LogP contribution in [0.2, 0.25) is 5.02 Å². The smallest absolute Gasteiger partial charge is 0.257 e. The van der Waals surface area contributed by atoms with Crippen molar-refractivity contribution in [3.63, 3.8) is 0 Å². The highest BCUT2D eigenvalue weighted by molar-refractivity contribution is 6.33. The molecule has 0 bridgehead atoms. The number of likely N-dealkylation sites (N-methyl/N-ethyl adjacent to an activating group) is 1. The SMILES string of the molecule is CCN(CC)C(CCCCNC(=O)c1ccccc1)C(=O)NN=Cc1c(F)cccc1Cl. The number of hydrazone groups is 1. The van der Waals surface area contributed by atoms with E-state index < -0.39 is 5.82 Å². The van der Waals surface area contributed by atoms with E-state index in [1.807, 2.05) is 36.9 Å². The van der Waals surface area contributed by atoms with Crippen LogP contribution in [-0.2, 0) is 4.79 Å². The molecule has 0 aliphatic carbocycles. The van der Waals surface area contributed by atoms with Gasteiger partial charge in [-0.25, -0.2) is 9.82 Å². The van der Waals surface area contributed by atoms with Crippen LogP contribution in [0.4, 0.5) is 4.39 Å². The molecule has 0 saturated heterocycles. The van der Waals surface area contributed by atoms with Gasteiger partial charge in [-0.2, -0.15) is 5.10 Å². The third-order valence-corrected chi connectivity index (χ3v) is 5.48. The molecule has 0 aliphatic heterocycles. The first-order valence-corrected chi connectivity index (χ1v) is 11.2. The van der Waals surface area contributed by atoms with Crippen LogP contribution in [-0.4, -0.2) is 48.6 Å². The number of unbranched alkanes of at least 4 members (excludes halogenated alkanes) is 1. The van der Waals surface area contributed by atoms with Crippen molar-refractivity contribution in [1.82, 2.24) is 15.6 Å². The van der Waals surface area contributed by atoms with Crippen LogP contribution in [0.5, 0.6) is 0 Å². The van der Waals surface area contributed by atoms with Gasteiger partial charge in [0.1, 0.15) is 5.82 Å². The van der Waals surface area contributed by atoms with Crippen molar-refractivity contribution in [2.45, 2.75) is 39.2 Å². The van der Waals surface area contributed by atoms with Crippen LogP contribution in [0.1, 0.15) is 49.0 Å². The lowest BCUT2D eigenvalue weighted by atomic mass is 10.1. The Morgan fingerprint density at radius 3 is 2.47 bits per heavy atom. The molecule has 32 heavy (non-hydrogen) atoms. The summed E-state index contributed by atoms with van der Waals surface area (Å²) in [5, 5.41) is 7.02. The first-order valence-electron chi connectivity index (χ1n) is 10.8. The van der Waals surface area contributed by atoms with Gasteiger partial charge in [-0.05, 0) is 56.6 Å². The second kappa shape index (κ2) is 13.6. The standard InChI is InChI=1S/C24H30ClFN4O2/c1-3-30(4-2)22(15-8-9-16-27-23(31)18-11-6-5-7-12-18)24(32)29-28-17-19-20(25)13-10-14-21(19)26/h5-7,10-14,17,22H,3-4,8-9,15-16H2,1-2H3,(H,27,31)(H,29,32). The molecule has 1 atom stereocenters. The highest BCUT2D eigenvalue weighted by atomic mass is 35.5. The van der Waals surface area contributed by atoms with Crippen molar-refractivity contribution in [2.24, 2.45) is 5.10 Å². The first kappa shape index (κ1) is 25.5. The summed E-state index contributed by atoms with van der Waals surface area (Å²) in [6.45, 7) is 5.94. The van der Waals surface area contributed by atoms with Gasteiger partial charge in [0.05, 0.1) is 17.3 Å². The van der Waals surface area contributed by atoms with E-state index >= 15 is 0 Å². The summed E-state index contributed by atoms with van der Waals surface area (Å²) in [5.41, 5.74) is 3.26. The second-order valence-electron chi connectivity index (χ2n) is 7.22. The van der Waals surface area contributed by atoms with Crippen molar-refractivity contribution in [1.29, 1.82) is 0 Å². The van der Waals surface area contributed by atoms with E-state index in [1.54, 1.807) is 18.2 Å². The number of rotatable bonds is 12. The molecule has 2 N–H and O–H groups in total. The summed E-state index contributed by atoms with van der Waals surface area (Å²) in [4.78, 5) is 26.9. The molecule has 172 valence electrons. The van der Waals surface area contributed by atoms with Crippen molar-refractivity contribution >= 4 is 29.6 Å². The number of nitrogens with zero attached hydrogens (tertiary/aromatic N) is 2. The molecule has 0 heterocycles. The minimum Gasteiger partial charge on any atom is -0.352 e. The molecular weight excluding hydrogens is 431 g/mol. The molecule has 1 unspecified atom stereocenters. The molecule has 0 aromatic heterocycles. The minimum absolute atomic E-state index is 0.107. The quantitative estimate of drug-likeness (QED) is 0.282. The Morgan fingerprint density at radius 1 is 1.09 bits per heavy atom. The van der Waals surface area contributed by atoms with Gasteiger partial charge in [-0.1, -0.05) is 49.7 Å². The third kappa shape index (κ3) is 7.73. The van der Waals surface area contributed by atoms with Crippen LogP contribution in [0, 0.1) is 5.82 Å². The molecule has 0 fully saturated rings. The molecular formula is C24H30ClFN4O2. The first-order chi connectivity index (χ1) is 15.5. The Kier molecular flexibility index (Phi) is 10.8. The maximum absolute atomic E-state index is 13.8. The molecule has 6 nitrogen and oxygen atoms in total. The van der Waals surface area contributed by atoms with Gasteiger partial charge >= 0.3 is 0 Å². The zero-order valence-corrected chi connectivity index (χ0v) is 19.2. The van der Waals surface area contributed by atoms with Crippen molar-refractivity contribution in [2.75, 3.05) is 19.6 Å². The van der Waals surface area contributed by atoms with Gasteiger partial charge in [-0.15, -0.1) is 0 Å².